The molecule has 18 N–H and O–H groups in total. The highest BCUT2D eigenvalue weighted by atomic mass is 127. The largest absolute Gasteiger partial charge is 0.387 e. The smallest absolute Gasteiger partial charge is 0.251 e. The molecule has 27 heteroatoms. The van der Waals surface area contributed by atoms with Gasteiger partial charge in [0.25, 0.3) is 23.6 Å². The van der Waals surface area contributed by atoms with E-state index in [4.69, 9.17) is 23.1 Å². The minimum atomic E-state index is -2.14. The minimum Gasteiger partial charge on any atom is -0.387 e. The molecule has 0 aliphatic rings. The molecule has 0 aliphatic heterocycles. The Morgan fingerprint density at radius 3 is 0.830 bits per heavy atom. The first kappa shape index (κ1) is 55.9. The van der Waals surface area contributed by atoms with Crippen molar-refractivity contribution in [2.75, 3.05) is 65.6 Å². The van der Waals surface area contributed by atoms with Gasteiger partial charge in [-0.3, -0.25) is 33.6 Å². The number of nitrogens with two attached hydrogens (primary N) is 2. The summed E-state index contributed by atoms with van der Waals surface area (Å²) in [5.74, 6) is -4.54. The van der Waals surface area contributed by atoms with Gasteiger partial charge in [0, 0.05) is 52.4 Å². The zero-order chi connectivity index (χ0) is 41.7. The fourth-order valence-corrected chi connectivity index (χ4v) is 3.59. The summed E-state index contributed by atoms with van der Waals surface area (Å²) in [6, 6.07) is 0. The van der Waals surface area contributed by atoms with Crippen molar-refractivity contribution >= 4 is 120 Å². The van der Waals surface area contributed by atoms with E-state index in [1.807, 2.05) is 67.8 Å². The van der Waals surface area contributed by atoms with E-state index in [0.717, 1.165) is 0 Å². The second-order valence-electron chi connectivity index (χ2n) is 9.94. The standard InChI is InChI=1S/C14H24I2N4O8.C10H22N4O6.C2H2ClIO/c15-5-7(21)17-1-3-19-13(27)11(25)9(23)10(24)12(26)14(28)20-4-2-18-8(22)6-16;11-1-3-13-9(19)7(17)5(15)6(16)8(18)10(20)14-4-2-12;3-2(5)1-4/h9-12,23-26H,1-6H2,(H,17,21)(H,18,22)(H,19,27)(H,20,28);5-8,15-18H,1-4,11-12H2,(H,13,19)(H,14,20);1H2/t9-,10+,11+,12-;5-,6+,7+,8-;. The van der Waals surface area contributed by atoms with Gasteiger partial charge in [0.15, 0.2) is 24.4 Å². The molecule has 0 saturated carbocycles. The number of carbonyl (C=O) groups is 7. The van der Waals surface area contributed by atoms with Crippen LogP contribution in [-0.4, -0.2) is 196 Å². The lowest BCUT2D eigenvalue weighted by molar-refractivity contribution is -0.155. The fraction of sp³-hybridized carbons (Fsp3) is 0.731. The normalized spacial score (nSPS) is 15.0. The van der Waals surface area contributed by atoms with E-state index >= 15 is 0 Å². The topological polar surface area (TPSA) is 406 Å². The Labute approximate surface area is 349 Å². The van der Waals surface area contributed by atoms with Gasteiger partial charge in [-0.1, -0.05) is 67.8 Å². The van der Waals surface area contributed by atoms with Crippen molar-refractivity contribution in [2.45, 2.75) is 48.8 Å². The molecule has 23 nitrogen and oxygen atoms in total. The maximum atomic E-state index is 11.7. The second-order valence-corrected chi connectivity index (χ2v) is 12.6. The van der Waals surface area contributed by atoms with Crippen LogP contribution in [0.4, 0.5) is 0 Å². The summed E-state index contributed by atoms with van der Waals surface area (Å²) in [5.41, 5.74) is 10.3. The molecule has 0 aromatic rings. The number of halogens is 4. The van der Waals surface area contributed by atoms with E-state index in [1.165, 1.54) is 0 Å². The van der Waals surface area contributed by atoms with Gasteiger partial charge in [0.05, 0.1) is 13.3 Å². The van der Waals surface area contributed by atoms with Crippen molar-refractivity contribution in [3.05, 3.63) is 0 Å². The van der Waals surface area contributed by atoms with Crippen LogP contribution in [0.1, 0.15) is 0 Å². The fourth-order valence-electron chi connectivity index (χ4n) is 3.05. The quantitative estimate of drug-likeness (QED) is 0.0196. The van der Waals surface area contributed by atoms with Crippen LogP contribution >= 0.6 is 79.4 Å². The molecule has 0 radical (unpaired) electrons. The van der Waals surface area contributed by atoms with E-state index in [9.17, 15) is 74.4 Å². The van der Waals surface area contributed by atoms with Crippen molar-refractivity contribution in [1.29, 1.82) is 0 Å². The van der Waals surface area contributed by atoms with Crippen LogP contribution in [0.3, 0.4) is 0 Å². The molecular formula is C26H48ClI3N8O15. The minimum absolute atomic E-state index is 0.0347. The van der Waals surface area contributed by atoms with Crippen molar-refractivity contribution in [3.63, 3.8) is 0 Å². The van der Waals surface area contributed by atoms with Crippen LogP contribution in [0.25, 0.3) is 0 Å². The second kappa shape index (κ2) is 33.9. The predicted molar refractivity (Wildman–Crippen MR) is 212 cm³/mol. The third-order valence-electron chi connectivity index (χ3n) is 5.80. The van der Waals surface area contributed by atoms with Gasteiger partial charge in [-0.05, 0) is 11.6 Å². The lowest BCUT2D eigenvalue weighted by Gasteiger charge is -2.25. The summed E-state index contributed by atoms with van der Waals surface area (Å²) in [5, 5.41) is 90.6. The van der Waals surface area contributed by atoms with E-state index in [1.54, 1.807) is 0 Å². The number of amides is 6. The number of rotatable bonds is 23. The van der Waals surface area contributed by atoms with E-state index in [-0.39, 0.29) is 78.3 Å². The van der Waals surface area contributed by atoms with Crippen molar-refractivity contribution < 1.29 is 74.4 Å². The molecule has 6 amide bonds. The molecular weight excluding hydrogens is 1080 g/mol. The Bertz CT molecular complexity index is 1050. The number of hydrogen-bond acceptors (Lipinski definition) is 17. The number of aliphatic hydroxyl groups excluding tert-OH is 8. The summed E-state index contributed by atoms with van der Waals surface area (Å²) >= 11 is 10.4. The third-order valence-corrected chi connectivity index (χ3v) is 8.46. The first-order chi connectivity index (χ1) is 24.8. The maximum Gasteiger partial charge on any atom is 0.251 e. The van der Waals surface area contributed by atoms with Crippen molar-refractivity contribution in [2.24, 2.45) is 11.5 Å². The Balaban J connectivity index is -0.000000870. The van der Waals surface area contributed by atoms with Crippen LogP contribution in [0.5, 0.6) is 0 Å². The molecule has 0 rings (SSSR count). The predicted octanol–water partition coefficient (Wildman–Crippen LogP) is -8.47. The zero-order valence-electron chi connectivity index (χ0n) is 28.0. The molecule has 0 fully saturated rings. The SMILES string of the molecule is NCCNC(=O)[C@@H](O)[C@H](O)[C@H](O)[C@@H](O)C(=O)NCCN.O=C(CI)NCCNC(=O)[C@@H](O)[C@H](O)[C@H](O)[C@@H](O)C(=O)NCCNC(=O)CI.O=C(Cl)CI. The molecule has 0 unspecified atom stereocenters. The summed E-state index contributed by atoms with van der Waals surface area (Å²) in [6.45, 7) is 0.509. The third kappa shape index (κ3) is 26.9. The Morgan fingerprint density at radius 2 is 0.642 bits per heavy atom. The average molecular weight is 1130 g/mol. The summed E-state index contributed by atoms with van der Waals surface area (Å²) in [6.07, 6.45) is -16.6. The highest BCUT2D eigenvalue weighted by Gasteiger charge is 2.38. The van der Waals surface area contributed by atoms with Crippen LogP contribution in [0.2, 0.25) is 0 Å². The molecule has 0 aliphatic carbocycles. The summed E-state index contributed by atoms with van der Waals surface area (Å²) in [7, 11) is 0. The summed E-state index contributed by atoms with van der Waals surface area (Å²) < 4.78 is 0.882. The average Bonchev–Trinajstić information content (AvgIpc) is 3.16. The molecule has 8 atom stereocenters. The molecule has 0 saturated heterocycles. The van der Waals surface area contributed by atoms with Gasteiger partial charge in [-0.25, -0.2) is 0 Å². The molecule has 53 heavy (non-hydrogen) atoms. The molecule has 0 spiro atoms. The van der Waals surface area contributed by atoms with Crippen LogP contribution in [0, 0.1) is 0 Å². The Kier molecular flexibility index (Phi) is 35.7. The number of carbonyl (C=O) groups excluding carboxylic acids is 7. The van der Waals surface area contributed by atoms with Gasteiger partial charge < -0.3 is 84.2 Å². The Morgan fingerprint density at radius 1 is 0.434 bits per heavy atom. The molecule has 310 valence electrons. The first-order valence-corrected chi connectivity index (χ1v) is 20.1. The lowest BCUT2D eigenvalue weighted by atomic mass is 10.0. The van der Waals surface area contributed by atoms with Gasteiger partial charge in [0.1, 0.15) is 24.4 Å². The highest BCUT2D eigenvalue weighted by molar-refractivity contribution is 14.1. The van der Waals surface area contributed by atoms with Gasteiger partial charge >= 0.3 is 0 Å². The van der Waals surface area contributed by atoms with Gasteiger partial charge in [-0.2, -0.15) is 0 Å². The first-order valence-electron chi connectivity index (χ1n) is 15.1. The van der Waals surface area contributed by atoms with Crippen molar-refractivity contribution in [3.8, 4) is 0 Å². The number of nitrogens with one attached hydrogen (secondary N) is 6. The van der Waals surface area contributed by atoms with Crippen LogP contribution < -0.4 is 43.4 Å². The van der Waals surface area contributed by atoms with E-state index < -0.39 is 72.5 Å². The van der Waals surface area contributed by atoms with Crippen LogP contribution in [-0.2, 0) is 33.6 Å². The van der Waals surface area contributed by atoms with Crippen LogP contribution in [0.15, 0.2) is 0 Å². The summed E-state index contributed by atoms with van der Waals surface area (Å²) in [4.78, 5) is 77.7. The van der Waals surface area contributed by atoms with Gasteiger partial charge in [-0.15, -0.1) is 0 Å². The van der Waals surface area contributed by atoms with Crippen molar-refractivity contribution in [1.82, 2.24) is 31.9 Å². The molecule has 0 heterocycles. The Hall–Kier alpha value is -1.43. The van der Waals surface area contributed by atoms with E-state index in [0.29, 0.717) is 4.43 Å². The molecule has 0 aromatic carbocycles. The van der Waals surface area contributed by atoms with E-state index in [2.05, 4.69) is 31.9 Å². The number of alkyl halides is 3. The lowest BCUT2D eigenvalue weighted by Crippen LogP contribution is -2.55. The number of hydrogen-bond donors (Lipinski definition) is 16. The maximum absolute atomic E-state index is 11.7. The zero-order valence-corrected chi connectivity index (χ0v) is 35.2. The highest BCUT2D eigenvalue weighted by Crippen LogP contribution is 2.07. The number of aliphatic hydroxyl groups is 8. The monoisotopic (exact) mass is 1130 g/mol. The van der Waals surface area contributed by atoms with Gasteiger partial charge in [0.2, 0.25) is 17.1 Å². The molecule has 0 aromatic heterocycles. The molecule has 0 bridgehead atoms.